The Morgan fingerprint density at radius 3 is 2.84 bits per heavy atom. The zero-order valence-corrected chi connectivity index (χ0v) is 13.8. The van der Waals surface area contributed by atoms with Crippen LogP contribution in [0.2, 0.25) is 0 Å². The van der Waals surface area contributed by atoms with E-state index in [1.165, 1.54) is 0 Å². The Bertz CT molecular complexity index is 907. The molecule has 2 aromatic heterocycles. The molecular formula is C18H17N5O2. The molecule has 0 atom stereocenters. The second kappa shape index (κ2) is 6.35. The van der Waals surface area contributed by atoms with Crippen LogP contribution in [-0.4, -0.2) is 43.5 Å². The number of rotatable bonds is 3. The van der Waals surface area contributed by atoms with Crippen molar-refractivity contribution in [1.29, 1.82) is 0 Å². The van der Waals surface area contributed by atoms with Crippen LogP contribution in [0.1, 0.15) is 16.2 Å². The third-order valence-corrected chi connectivity index (χ3v) is 4.18. The lowest BCUT2D eigenvalue weighted by molar-refractivity contribution is 0.0738. The summed E-state index contributed by atoms with van der Waals surface area (Å²) in [6.07, 6.45) is 6.86. The molecule has 3 aromatic rings. The van der Waals surface area contributed by atoms with E-state index in [2.05, 4.69) is 15.0 Å². The highest BCUT2D eigenvalue weighted by Crippen LogP contribution is 2.29. The van der Waals surface area contributed by atoms with E-state index >= 15 is 0 Å². The molecule has 0 radical (unpaired) electrons. The number of aromatic nitrogens is 4. The summed E-state index contributed by atoms with van der Waals surface area (Å²) in [6.45, 7) is 1.29. The van der Waals surface area contributed by atoms with Gasteiger partial charge in [-0.25, -0.2) is 15.0 Å². The van der Waals surface area contributed by atoms with Gasteiger partial charge >= 0.3 is 0 Å². The van der Waals surface area contributed by atoms with Gasteiger partial charge in [0.2, 0.25) is 0 Å². The molecule has 0 spiro atoms. The number of hydrogen-bond donors (Lipinski definition) is 0. The number of carbonyl (C=O) groups excluding carboxylic acids is 1. The molecule has 4 rings (SSSR count). The molecule has 25 heavy (non-hydrogen) atoms. The van der Waals surface area contributed by atoms with Gasteiger partial charge in [0.15, 0.2) is 0 Å². The fraction of sp³-hybridized carbons (Fsp3) is 0.222. The van der Waals surface area contributed by atoms with E-state index in [0.29, 0.717) is 36.8 Å². The Morgan fingerprint density at radius 1 is 1.24 bits per heavy atom. The van der Waals surface area contributed by atoms with Gasteiger partial charge in [0.25, 0.3) is 5.91 Å². The third-order valence-electron chi connectivity index (χ3n) is 4.18. The van der Waals surface area contributed by atoms with E-state index in [1.807, 2.05) is 29.8 Å². The van der Waals surface area contributed by atoms with Crippen molar-refractivity contribution in [2.45, 2.75) is 6.54 Å². The van der Waals surface area contributed by atoms with Crippen LogP contribution in [0.25, 0.3) is 11.3 Å². The van der Waals surface area contributed by atoms with E-state index in [1.54, 1.807) is 35.9 Å². The number of hydrogen-bond acceptors (Lipinski definition) is 5. The lowest BCUT2D eigenvalue weighted by Gasteiger charge is -2.19. The van der Waals surface area contributed by atoms with Gasteiger partial charge in [0.05, 0.1) is 36.9 Å². The van der Waals surface area contributed by atoms with Gasteiger partial charge in [0, 0.05) is 25.0 Å². The van der Waals surface area contributed by atoms with Crippen molar-refractivity contribution in [3.05, 3.63) is 60.6 Å². The molecule has 0 fully saturated rings. The average Bonchev–Trinajstić information content (AvgIpc) is 3.01. The molecule has 0 bridgehead atoms. The smallest absolute Gasteiger partial charge is 0.258 e. The van der Waals surface area contributed by atoms with Crippen molar-refractivity contribution >= 4 is 5.91 Å². The van der Waals surface area contributed by atoms with E-state index in [0.717, 1.165) is 11.3 Å². The maximum Gasteiger partial charge on any atom is 0.258 e. The highest BCUT2D eigenvalue weighted by atomic mass is 16.5. The standard InChI is InChI=1S/C18H17N5O2/c1-22-12-19-10-15(22)13-3-4-16-14(9-13)18(24)23(7-8-25-16)11-17-20-5-2-6-21-17/h2-6,9-10,12H,7-8,11H2,1H3. The molecule has 1 amide bonds. The summed E-state index contributed by atoms with van der Waals surface area (Å²) < 4.78 is 7.68. The van der Waals surface area contributed by atoms with Crippen LogP contribution in [0, 0.1) is 0 Å². The molecule has 0 unspecified atom stereocenters. The van der Waals surface area contributed by atoms with Gasteiger partial charge in [-0.1, -0.05) is 0 Å². The van der Waals surface area contributed by atoms with Crippen LogP contribution >= 0.6 is 0 Å². The number of aryl methyl sites for hydroxylation is 1. The fourth-order valence-corrected chi connectivity index (χ4v) is 2.89. The highest BCUT2D eigenvalue weighted by molar-refractivity contribution is 5.98. The van der Waals surface area contributed by atoms with Crippen molar-refractivity contribution in [3.8, 4) is 17.0 Å². The third kappa shape index (κ3) is 2.96. The van der Waals surface area contributed by atoms with E-state index < -0.39 is 0 Å². The largest absolute Gasteiger partial charge is 0.491 e. The van der Waals surface area contributed by atoms with Gasteiger partial charge in [-0.15, -0.1) is 0 Å². The van der Waals surface area contributed by atoms with Gasteiger partial charge in [-0.3, -0.25) is 4.79 Å². The van der Waals surface area contributed by atoms with Crippen molar-refractivity contribution in [2.24, 2.45) is 7.05 Å². The monoisotopic (exact) mass is 335 g/mol. The Balaban J connectivity index is 1.68. The number of benzene rings is 1. The van der Waals surface area contributed by atoms with Crippen molar-refractivity contribution < 1.29 is 9.53 Å². The summed E-state index contributed by atoms with van der Waals surface area (Å²) in [5, 5.41) is 0. The second-order valence-corrected chi connectivity index (χ2v) is 5.84. The summed E-state index contributed by atoms with van der Waals surface area (Å²) in [5.74, 6) is 1.14. The number of nitrogens with zero attached hydrogens (tertiary/aromatic N) is 5. The van der Waals surface area contributed by atoms with E-state index in [-0.39, 0.29) is 5.91 Å². The fourth-order valence-electron chi connectivity index (χ4n) is 2.89. The van der Waals surface area contributed by atoms with Gasteiger partial charge < -0.3 is 14.2 Å². The van der Waals surface area contributed by atoms with Gasteiger partial charge in [-0.2, -0.15) is 0 Å². The molecule has 0 N–H and O–H groups in total. The zero-order chi connectivity index (χ0) is 17.2. The minimum absolute atomic E-state index is 0.0797. The SMILES string of the molecule is Cn1cncc1-c1ccc2c(c1)C(=O)N(Cc1ncccn1)CCO2. The summed E-state index contributed by atoms with van der Waals surface area (Å²) >= 11 is 0. The molecule has 0 aliphatic carbocycles. The summed E-state index contributed by atoms with van der Waals surface area (Å²) in [4.78, 5) is 27.3. The average molecular weight is 335 g/mol. The molecule has 0 saturated heterocycles. The number of imidazole rings is 1. The number of fused-ring (bicyclic) bond motifs is 1. The van der Waals surface area contributed by atoms with Crippen molar-refractivity contribution in [2.75, 3.05) is 13.2 Å². The molecule has 1 aliphatic rings. The first-order valence-electron chi connectivity index (χ1n) is 8.01. The maximum absolute atomic E-state index is 13.0. The van der Waals surface area contributed by atoms with E-state index in [4.69, 9.17) is 4.74 Å². The normalized spacial score (nSPS) is 14.0. The Labute approximate surface area is 144 Å². The minimum Gasteiger partial charge on any atom is -0.491 e. The number of amides is 1. The maximum atomic E-state index is 13.0. The predicted octanol–water partition coefficient (Wildman–Crippen LogP) is 1.91. The number of ether oxygens (including phenoxy) is 1. The molecular weight excluding hydrogens is 318 g/mol. The molecule has 3 heterocycles. The van der Waals surface area contributed by atoms with Gasteiger partial charge in [-0.05, 0) is 24.3 Å². The molecule has 1 aliphatic heterocycles. The Hall–Kier alpha value is -3.22. The van der Waals surface area contributed by atoms with Crippen molar-refractivity contribution in [3.63, 3.8) is 0 Å². The lowest BCUT2D eigenvalue weighted by Crippen LogP contribution is -2.32. The molecule has 0 saturated carbocycles. The Morgan fingerprint density at radius 2 is 2.08 bits per heavy atom. The quantitative estimate of drug-likeness (QED) is 0.731. The van der Waals surface area contributed by atoms with Crippen LogP contribution < -0.4 is 4.74 Å². The minimum atomic E-state index is -0.0797. The van der Waals surface area contributed by atoms with Gasteiger partial charge in [0.1, 0.15) is 18.2 Å². The lowest BCUT2D eigenvalue weighted by atomic mass is 10.1. The van der Waals surface area contributed by atoms with Crippen LogP contribution in [0.3, 0.4) is 0 Å². The first kappa shape index (κ1) is 15.3. The second-order valence-electron chi connectivity index (χ2n) is 5.84. The molecule has 7 heteroatoms. The highest BCUT2D eigenvalue weighted by Gasteiger charge is 2.25. The topological polar surface area (TPSA) is 73.1 Å². The summed E-state index contributed by atoms with van der Waals surface area (Å²) in [6, 6.07) is 7.41. The van der Waals surface area contributed by atoms with Crippen molar-refractivity contribution in [1.82, 2.24) is 24.4 Å². The first-order chi connectivity index (χ1) is 12.2. The molecule has 1 aromatic carbocycles. The van der Waals surface area contributed by atoms with Crippen LogP contribution in [0.4, 0.5) is 0 Å². The van der Waals surface area contributed by atoms with Crippen LogP contribution in [-0.2, 0) is 13.6 Å². The summed E-state index contributed by atoms with van der Waals surface area (Å²) in [7, 11) is 1.92. The molecule has 7 nitrogen and oxygen atoms in total. The summed E-state index contributed by atoms with van der Waals surface area (Å²) in [5.41, 5.74) is 2.42. The predicted molar refractivity (Wildman–Crippen MR) is 90.9 cm³/mol. The first-order valence-corrected chi connectivity index (χ1v) is 8.01. The molecule has 126 valence electrons. The zero-order valence-electron chi connectivity index (χ0n) is 13.8. The van der Waals surface area contributed by atoms with E-state index in [9.17, 15) is 4.79 Å². The Kier molecular flexibility index (Phi) is 3.89. The van der Waals surface area contributed by atoms with Crippen LogP contribution in [0.5, 0.6) is 5.75 Å². The number of carbonyl (C=O) groups is 1. The van der Waals surface area contributed by atoms with Crippen LogP contribution in [0.15, 0.2) is 49.2 Å².